The Hall–Kier alpha value is -2.92. The van der Waals surface area contributed by atoms with E-state index in [0.29, 0.717) is 31.0 Å². The molecule has 0 aliphatic carbocycles. The minimum atomic E-state index is -4.12. The molecule has 0 radical (unpaired) electrons. The van der Waals surface area contributed by atoms with E-state index in [1.807, 2.05) is 0 Å². The van der Waals surface area contributed by atoms with Crippen LogP contribution in [0.15, 0.2) is 12.7 Å². The molecule has 2 atom stereocenters. The Morgan fingerprint density at radius 1 is 1.00 bits per heavy atom. The number of ether oxygens (including phenoxy) is 7. The number of nitrogens with zero attached hydrogens (tertiary/aromatic N) is 4. The molecule has 0 aliphatic heterocycles. The third-order valence-corrected chi connectivity index (χ3v) is 6.88. The molecule has 0 fully saturated rings. The summed E-state index contributed by atoms with van der Waals surface area (Å²) in [5.74, 6) is -0.436. The molecule has 2 rings (SSSR count). The van der Waals surface area contributed by atoms with Gasteiger partial charge in [0.05, 0.1) is 63.5 Å². The smallest absolute Gasteiger partial charge is 0.437 e. The quantitative estimate of drug-likeness (QED) is 0.0906. The highest BCUT2D eigenvalue weighted by molar-refractivity contribution is 7.53. The monoisotopic (exact) mass is 635 g/mol. The SMILES string of the molecule is COCCOCCOCC(C)(C)C(=O)OCOP(=O)(CO[C@H](C)Cn1cnc2c(N)ncnc21)OCOC(=O)OC(C)C. The highest BCUT2D eigenvalue weighted by atomic mass is 31.2. The normalized spacial score (nSPS) is 14.0. The van der Waals surface area contributed by atoms with Gasteiger partial charge in [0.15, 0.2) is 11.5 Å². The molecule has 0 aromatic carbocycles. The molecule has 43 heavy (non-hydrogen) atoms. The number of hydrogen-bond donors (Lipinski definition) is 1. The Kier molecular flexibility index (Phi) is 15.2. The van der Waals surface area contributed by atoms with Crippen LogP contribution in [0.1, 0.15) is 34.6 Å². The maximum absolute atomic E-state index is 13.4. The summed E-state index contributed by atoms with van der Waals surface area (Å²) in [6, 6.07) is 0. The van der Waals surface area contributed by atoms with Crippen LogP contribution in [0, 0.1) is 5.41 Å². The first-order valence-corrected chi connectivity index (χ1v) is 15.2. The van der Waals surface area contributed by atoms with Gasteiger partial charge in [0.2, 0.25) is 13.6 Å². The van der Waals surface area contributed by atoms with Crippen molar-refractivity contribution in [1.29, 1.82) is 0 Å². The molecule has 0 amide bonds. The average Bonchev–Trinajstić information content (AvgIpc) is 3.35. The zero-order valence-corrected chi connectivity index (χ0v) is 26.3. The molecule has 17 nitrogen and oxygen atoms in total. The number of aromatic nitrogens is 4. The predicted molar refractivity (Wildman–Crippen MR) is 151 cm³/mol. The fourth-order valence-electron chi connectivity index (χ4n) is 3.18. The number of hydrogen-bond acceptors (Lipinski definition) is 16. The van der Waals surface area contributed by atoms with E-state index in [4.69, 9.17) is 47.9 Å². The zero-order valence-electron chi connectivity index (χ0n) is 25.4. The lowest BCUT2D eigenvalue weighted by atomic mass is 9.95. The molecule has 0 spiro atoms. The summed E-state index contributed by atoms with van der Waals surface area (Å²) in [6.07, 6.45) is 0.271. The molecule has 0 bridgehead atoms. The largest absolute Gasteiger partial charge is 0.510 e. The van der Waals surface area contributed by atoms with Crippen LogP contribution in [0.2, 0.25) is 0 Å². The average molecular weight is 636 g/mol. The van der Waals surface area contributed by atoms with Crippen molar-refractivity contribution >= 4 is 36.7 Å². The van der Waals surface area contributed by atoms with Crippen LogP contribution in [-0.2, 0) is 58.1 Å². The predicted octanol–water partition coefficient (Wildman–Crippen LogP) is 2.72. The summed E-state index contributed by atoms with van der Waals surface area (Å²) in [5.41, 5.74) is 5.71. The number of esters is 1. The van der Waals surface area contributed by atoms with Crippen molar-refractivity contribution in [2.45, 2.75) is 53.4 Å². The first kappa shape index (κ1) is 36.3. The summed E-state index contributed by atoms with van der Waals surface area (Å²) in [4.78, 5) is 36.6. The van der Waals surface area contributed by atoms with E-state index in [0.717, 1.165) is 0 Å². The van der Waals surface area contributed by atoms with Crippen LogP contribution < -0.4 is 5.73 Å². The van der Waals surface area contributed by atoms with Crippen molar-refractivity contribution in [3.63, 3.8) is 0 Å². The molecule has 2 aromatic rings. The summed E-state index contributed by atoms with van der Waals surface area (Å²) >= 11 is 0. The number of fused-ring (bicyclic) bond motifs is 1. The van der Waals surface area contributed by atoms with Gasteiger partial charge in [-0.3, -0.25) is 18.4 Å². The van der Waals surface area contributed by atoms with Gasteiger partial charge < -0.3 is 43.5 Å². The van der Waals surface area contributed by atoms with Gasteiger partial charge in [-0.15, -0.1) is 0 Å². The summed E-state index contributed by atoms with van der Waals surface area (Å²) in [5, 5.41) is 0. The van der Waals surface area contributed by atoms with Crippen LogP contribution in [0.4, 0.5) is 10.6 Å². The second-order valence-corrected chi connectivity index (χ2v) is 12.1. The van der Waals surface area contributed by atoms with E-state index in [1.165, 1.54) is 12.7 Å². The first-order chi connectivity index (χ1) is 20.4. The third kappa shape index (κ3) is 13.1. The number of carbonyl (C=O) groups excluding carboxylic acids is 2. The van der Waals surface area contributed by atoms with Gasteiger partial charge in [0.1, 0.15) is 18.2 Å². The fourth-order valence-corrected chi connectivity index (χ4v) is 4.26. The number of imidazole rings is 1. The zero-order chi connectivity index (χ0) is 31.9. The van der Waals surface area contributed by atoms with E-state index < -0.39 is 57.3 Å². The maximum atomic E-state index is 13.4. The van der Waals surface area contributed by atoms with Crippen molar-refractivity contribution in [2.24, 2.45) is 5.41 Å². The lowest BCUT2D eigenvalue weighted by Gasteiger charge is -2.24. The molecule has 244 valence electrons. The van der Waals surface area contributed by atoms with Crippen LogP contribution in [-0.4, -0.2) is 104 Å². The molecule has 0 saturated heterocycles. The first-order valence-electron chi connectivity index (χ1n) is 13.4. The minimum absolute atomic E-state index is 0.0412. The van der Waals surface area contributed by atoms with Gasteiger partial charge in [-0.05, 0) is 34.6 Å². The number of nitrogens with two attached hydrogens (primary N) is 1. The van der Waals surface area contributed by atoms with Crippen molar-refractivity contribution in [3.05, 3.63) is 12.7 Å². The van der Waals surface area contributed by atoms with E-state index >= 15 is 0 Å². The number of methoxy groups -OCH3 is 1. The fraction of sp³-hybridized carbons (Fsp3) is 0.720. The minimum Gasteiger partial charge on any atom is -0.437 e. The summed E-state index contributed by atoms with van der Waals surface area (Å²) < 4.78 is 61.9. The van der Waals surface area contributed by atoms with Gasteiger partial charge in [0.25, 0.3) is 0 Å². The van der Waals surface area contributed by atoms with Crippen LogP contribution in [0.5, 0.6) is 0 Å². The second kappa shape index (κ2) is 18.0. The van der Waals surface area contributed by atoms with Crippen LogP contribution in [0.3, 0.4) is 0 Å². The standard InChI is InChI=1S/C25H42N5O12P/c1-18(2)42-24(32)38-16-41-43(33,17-39-19(3)11-30-14-29-20-21(26)27-13-28-22(20)30)40-15-37-23(31)25(4,5)12-36-10-9-35-8-7-34-6/h13-14,18-19H,7-12,15-17H2,1-6H3,(H2,26,27,28)/t19-,43?/m1/s1. The van der Waals surface area contributed by atoms with Crippen molar-refractivity contribution in [3.8, 4) is 0 Å². The molecular formula is C25H42N5O12P. The van der Waals surface area contributed by atoms with E-state index in [1.54, 1.807) is 46.3 Å². The molecule has 1 unspecified atom stereocenters. The molecule has 2 aromatic heterocycles. The highest BCUT2D eigenvalue weighted by Crippen LogP contribution is 2.48. The van der Waals surface area contributed by atoms with Gasteiger partial charge in [0, 0.05) is 7.11 Å². The van der Waals surface area contributed by atoms with E-state index in [2.05, 4.69) is 15.0 Å². The lowest BCUT2D eigenvalue weighted by Crippen LogP contribution is -2.32. The number of rotatable bonds is 21. The highest BCUT2D eigenvalue weighted by Gasteiger charge is 2.32. The Balaban J connectivity index is 1.91. The third-order valence-electron chi connectivity index (χ3n) is 5.42. The summed E-state index contributed by atoms with van der Waals surface area (Å²) in [6.45, 7) is 8.53. The molecule has 18 heteroatoms. The molecule has 0 aliphatic rings. The number of anilines is 1. The van der Waals surface area contributed by atoms with Crippen molar-refractivity contribution < 1.29 is 56.4 Å². The second-order valence-electron chi connectivity index (χ2n) is 10.1. The maximum Gasteiger partial charge on any atom is 0.510 e. The Bertz CT molecular complexity index is 1190. The van der Waals surface area contributed by atoms with Gasteiger partial charge in [-0.25, -0.2) is 19.7 Å². The Labute approximate surface area is 250 Å². The number of carbonyl (C=O) groups is 2. The Morgan fingerprint density at radius 3 is 2.37 bits per heavy atom. The topological polar surface area (TPSA) is 204 Å². The van der Waals surface area contributed by atoms with Crippen LogP contribution in [0.25, 0.3) is 11.2 Å². The molecule has 2 heterocycles. The van der Waals surface area contributed by atoms with Crippen molar-refractivity contribution in [1.82, 2.24) is 19.5 Å². The molecule has 0 saturated carbocycles. The van der Waals surface area contributed by atoms with Gasteiger partial charge in [-0.2, -0.15) is 0 Å². The van der Waals surface area contributed by atoms with E-state index in [-0.39, 0.29) is 25.6 Å². The van der Waals surface area contributed by atoms with Gasteiger partial charge in [-0.1, -0.05) is 0 Å². The Morgan fingerprint density at radius 2 is 1.67 bits per heavy atom. The molecule has 2 N–H and O–H groups in total. The molecular weight excluding hydrogens is 593 g/mol. The summed E-state index contributed by atoms with van der Waals surface area (Å²) in [7, 11) is -2.54. The van der Waals surface area contributed by atoms with Crippen LogP contribution >= 0.6 is 7.60 Å². The van der Waals surface area contributed by atoms with E-state index in [9.17, 15) is 14.2 Å². The van der Waals surface area contributed by atoms with Gasteiger partial charge >= 0.3 is 19.7 Å². The van der Waals surface area contributed by atoms with Crippen molar-refractivity contribution in [2.75, 3.05) is 65.8 Å². The number of nitrogen functional groups attached to an aromatic ring is 1. The lowest BCUT2D eigenvalue weighted by molar-refractivity contribution is -0.165.